The third-order valence-corrected chi connectivity index (χ3v) is 2.06. The second kappa shape index (κ2) is 3.61. The molecule has 0 bridgehead atoms. The number of rotatable bonds is 1. The number of carbonyl (C=O) groups is 1. The molecule has 1 N–H and O–H groups in total. The van der Waals surface area contributed by atoms with Crippen LogP contribution in [0.2, 0.25) is 0 Å². The number of carbonyl (C=O) groups excluding carboxylic acids is 1. The minimum Gasteiger partial charge on any atom is -0.380 e. The number of likely N-dealkylation sites (N-methyl/N-ethyl adjacent to an activating group) is 1. The molecule has 0 saturated heterocycles. The van der Waals surface area contributed by atoms with Gasteiger partial charge in [-0.2, -0.15) is 0 Å². The number of nitrogens with zero attached hydrogens (tertiary/aromatic N) is 1. The first kappa shape index (κ1) is 9.10. The fraction of sp³-hybridized carbons (Fsp3) is 0.667. The SMILES string of the molecule is CNC(=O)C1=CN(C)CC(C)C1. The molecule has 68 valence electrons. The van der Waals surface area contributed by atoms with Crippen LogP contribution in [-0.2, 0) is 4.79 Å². The highest BCUT2D eigenvalue weighted by Crippen LogP contribution is 2.18. The molecule has 0 fully saturated rings. The maximum Gasteiger partial charge on any atom is 0.248 e. The minimum atomic E-state index is 0.0494. The lowest BCUT2D eigenvalue weighted by Crippen LogP contribution is -2.30. The Balaban J connectivity index is 2.69. The van der Waals surface area contributed by atoms with Crippen LogP contribution in [-0.4, -0.2) is 31.4 Å². The highest BCUT2D eigenvalue weighted by Gasteiger charge is 2.18. The summed E-state index contributed by atoms with van der Waals surface area (Å²) >= 11 is 0. The predicted octanol–water partition coefficient (Wildman–Crippen LogP) is 0.588. The molecule has 0 spiro atoms. The Bertz CT molecular complexity index is 211. The molecule has 3 nitrogen and oxygen atoms in total. The Labute approximate surface area is 73.4 Å². The van der Waals surface area contributed by atoms with Crippen LogP contribution in [0.25, 0.3) is 0 Å². The van der Waals surface area contributed by atoms with Gasteiger partial charge in [0.15, 0.2) is 0 Å². The van der Waals surface area contributed by atoms with Crippen molar-refractivity contribution in [3.8, 4) is 0 Å². The Morgan fingerprint density at radius 3 is 2.92 bits per heavy atom. The molecule has 1 unspecified atom stereocenters. The van der Waals surface area contributed by atoms with Gasteiger partial charge in [-0.15, -0.1) is 0 Å². The zero-order chi connectivity index (χ0) is 9.14. The summed E-state index contributed by atoms with van der Waals surface area (Å²) < 4.78 is 0. The molecule has 3 heteroatoms. The third-order valence-electron chi connectivity index (χ3n) is 2.06. The lowest BCUT2D eigenvalue weighted by Gasteiger charge is -2.26. The average Bonchev–Trinajstić information content (AvgIpc) is 2.01. The molecular formula is C9H16N2O. The van der Waals surface area contributed by atoms with E-state index in [1.165, 1.54) is 0 Å². The fourth-order valence-corrected chi connectivity index (χ4v) is 1.61. The molecule has 1 aliphatic heterocycles. The molecule has 0 radical (unpaired) electrons. The predicted molar refractivity (Wildman–Crippen MR) is 48.6 cm³/mol. The summed E-state index contributed by atoms with van der Waals surface area (Å²) in [5.74, 6) is 0.626. The molecule has 1 amide bonds. The summed E-state index contributed by atoms with van der Waals surface area (Å²) in [7, 11) is 3.67. The van der Waals surface area contributed by atoms with Crippen LogP contribution in [0.1, 0.15) is 13.3 Å². The van der Waals surface area contributed by atoms with Gasteiger partial charge < -0.3 is 10.2 Å². The van der Waals surface area contributed by atoms with Crippen LogP contribution < -0.4 is 5.32 Å². The van der Waals surface area contributed by atoms with E-state index in [1.807, 2.05) is 13.2 Å². The summed E-state index contributed by atoms with van der Waals surface area (Å²) in [4.78, 5) is 13.3. The van der Waals surface area contributed by atoms with Gasteiger partial charge in [0.1, 0.15) is 0 Å². The Morgan fingerprint density at radius 1 is 1.75 bits per heavy atom. The molecule has 0 aromatic carbocycles. The van der Waals surface area contributed by atoms with Gasteiger partial charge in [-0.3, -0.25) is 4.79 Å². The summed E-state index contributed by atoms with van der Waals surface area (Å²) in [6.45, 7) is 3.20. The second-order valence-corrected chi connectivity index (χ2v) is 3.48. The molecule has 0 saturated carbocycles. The van der Waals surface area contributed by atoms with Crippen molar-refractivity contribution in [3.63, 3.8) is 0 Å². The van der Waals surface area contributed by atoms with Gasteiger partial charge in [-0.25, -0.2) is 0 Å². The van der Waals surface area contributed by atoms with E-state index in [4.69, 9.17) is 0 Å². The molecule has 0 aliphatic carbocycles. The van der Waals surface area contributed by atoms with Gasteiger partial charge >= 0.3 is 0 Å². The van der Waals surface area contributed by atoms with Gasteiger partial charge in [0.25, 0.3) is 0 Å². The van der Waals surface area contributed by atoms with Crippen LogP contribution in [0, 0.1) is 5.92 Å². The van der Waals surface area contributed by atoms with Crippen molar-refractivity contribution in [2.24, 2.45) is 5.92 Å². The molecule has 0 aromatic rings. The lowest BCUT2D eigenvalue weighted by atomic mass is 9.97. The zero-order valence-electron chi connectivity index (χ0n) is 7.92. The van der Waals surface area contributed by atoms with Gasteiger partial charge in [0.2, 0.25) is 5.91 Å². The van der Waals surface area contributed by atoms with Crippen molar-refractivity contribution in [1.29, 1.82) is 0 Å². The molecule has 1 aliphatic rings. The first-order chi connectivity index (χ1) is 5.63. The van der Waals surface area contributed by atoms with Crippen molar-refractivity contribution in [2.75, 3.05) is 20.6 Å². The third kappa shape index (κ3) is 2.00. The molecule has 0 aromatic heterocycles. The molecule has 12 heavy (non-hydrogen) atoms. The van der Waals surface area contributed by atoms with E-state index in [-0.39, 0.29) is 5.91 Å². The maximum atomic E-state index is 11.3. The summed E-state index contributed by atoms with van der Waals surface area (Å²) in [5, 5.41) is 2.64. The number of hydrogen-bond donors (Lipinski definition) is 1. The van der Waals surface area contributed by atoms with Crippen molar-refractivity contribution >= 4 is 5.91 Å². The highest BCUT2D eigenvalue weighted by atomic mass is 16.1. The largest absolute Gasteiger partial charge is 0.380 e. The zero-order valence-corrected chi connectivity index (χ0v) is 7.92. The van der Waals surface area contributed by atoms with E-state index < -0.39 is 0 Å². The highest BCUT2D eigenvalue weighted by molar-refractivity contribution is 5.93. The normalized spacial score (nSPS) is 23.4. The van der Waals surface area contributed by atoms with Crippen LogP contribution in [0.4, 0.5) is 0 Å². The van der Waals surface area contributed by atoms with E-state index in [0.717, 1.165) is 18.5 Å². The fourth-order valence-electron chi connectivity index (χ4n) is 1.61. The van der Waals surface area contributed by atoms with Crippen LogP contribution in [0.5, 0.6) is 0 Å². The van der Waals surface area contributed by atoms with Crippen LogP contribution in [0.3, 0.4) is 0 Å². The number of hydrogen-bond acceptors (Lipinski definition) is 2. The summed E-state index contributed by atoms with van der Waals surface area (Å²) in [6.07, 6.45) is 2.82. The van der Waals surface area contributed by atoms with Gasteiger partial charge in [-0.05, 0) is 12.3 Å². The van der Waals surface area contributed by atoms with E-state index >= 15 is 0 Å². The molecular weight excluding hydrogens is 152 g/mol. The number of amides is 1. The smallest absolute Gasteiger partial charge is 0.248 e. The van der Waals surface area contributed by atoms with Gasteiger partial charge in [0, 0.05) is 32.4 Å². The van der Waals surface area contributed by atoms with Crippen molar-refractivity contribution in [1.82, 2.24) is 10.2 Å². The minimum absolute atomic E-state index is 0.0494. The van der Waals surface area contributed by atoms with E-state index in [2.05, 4.69) is 17.1 Å². The first-order valence-electron chi connectivity index (χ1n) is 4.26. The molecule has 1 atom stereocenters. The Kier molecular flexibility index (Phi) is 2.74. The standard InChI is InChI=1S/C9H16N2O/c1-7-4-8(9(12)10-2)6-11(3)5-7/h6-7H,4-5H2,1-3H3,(H,10,12). The van der Waals surface area contributed by atoms with Crippen LogP contribution in [0.15, 0.2) is 11.8 Å². The number of nitrogens with one attached hydrogen (secondary N) is 1. The van der Waals surface area contributed by atoms with Gasteiger partial charge in [-0.1, -0.05) is 6.92 Å². The Hall–Kier alpha value is -0.990. The quantitative estimate of drug-likeness (QED) is 0.621. The topological polar surface area (TPSA) is 32.3 Å². The van der Waals surface area contributed by atoms with E-state index in [9.17, 15) is 4.79 Å². The lowest BCUT2D eigenvalue weighted by molar-refractivity contribution is -0.117. The van der Waals surface area contributed by atoms with Crippen molar-refractivity contribution in [2.45, 2.75) is 13.3 Å². The molecule has 1 heterocycles. The first-order valence-corrected chi connectivity index (χ1v) is 4.26. The van der Waals surface area contributed by atoms with E-state index in [0.29, 0.717) is 5.92 Å². The van der Waals surface area contributed by atoms with Crippen LogP contribution >= 0.6 is 0 Å². The maximum absolute atomic E-state index is 11.3. The van der Waals surface area contributed by atoms with Crippen molar-refractivity contribution < 1.29 is 4.79 Å². The Morgan fingerprint density at radius 2 is 2.42 bits per heavy atom. The monoisotopic (exact) mass is 168 g/mol. The van der Waals surface area contributed by atoms with Crippen molar-refractivity contribution in [3.05, 3.63) is 11.8 Å². The average molecular weight is 168 g/mol. The summed E-state index contributed by atoms with van der Waals surface area (Å²) in [5.41, 5.74) is 0.888. The summed E-state index contributed by atoms with van der Waals surface area (Å²) in [6, 6.07) is 0. The second-order valence-electron chi connectivity index (χ2n) is 3.48. The molecule has 1 rings (SSSR count). The van der Waals surface area contributed by atoms with E-state index in [1.54, 1.807) is 7.05 Å². The van der Waals surface area contributed by atoms with Gasteiger partial charge in [0.05, 0.1) is 0 Å².